The average molecular weight is 437 g/mol. The first-order valence-electron chi connectivity index (χ1n) is 9.65. The van der Waals surface area contributed by atoms with E-state index in [9.17, 15) is 9.18 Å². The summed E-state index contributed by atoms with van der Waals surface area (Å²) < 4.78 is 20.9. The minimum absolute atomic E-state index is 0.0398. The highest BCUT2D eigenvalue weighted by Gasteiger charge is 2.15. The summed E-state index contributed by atoms with van der Waals surface area (Å²) in [5.74, 6) is 0.832. The highest BCUT2D eigenvalue weighted by molar-refractivity contribution is 7.98. The molecule has 0 radical (unpaired) electrons. The van der Waals surface area contributed by atoms with Crippen LogP contribution in [0.3, 0.4) is 0 Å². The SMILES string of the molecule is COc1cccc(CSc2nc3ccncc3n2CC(=O)Nc2ccc(C)c(F)c2)c1. The number of halogens is 1. The molecular formula is C23H21FN4O2S. The van der Waals surface area contributed by atoms with Gasteiger partial charge in [0.15, 0.2) is 5.16 Å². The first-order valence-corrected chi connectivity index (χ1v) is 10.6. The number of thioether (sulfide) groups is 1. The molecule has 2 aromatic heterocycles. The lowest BCUT2D eigenvalue weighted by atomic mass is 10.2. The molecule has 4 aromatic rings. The van der Waals surface area contributed by atoms with Crippen molar-refractivity contribution in [3.63, 3.8) is 0 Å². The Hall–Kier alpha value is -3.39. The first-order chi connectivity index (χ1) is 15.0. The molecule has 0 fully saturated rings. The number of methoxy groups -OCH3 is 1. The second-order valence-corrected chi connectivity index (χ2v) is 7.94. The Morgan fingerprint density at radius 2 is 2.10 bits per heavy atom. The number of pyridine rings is 1. The molecule has 31 heavy (non-hydrogen) atoms. The lowest BCUT2D eigenvalue weighted by Gasteiger charge is -2.10. The molecule has 4 rings (SSSR count). The van der Waals surface area contributed by atoms with E-state index in [1.165, 1.54) is 17.8 Å². The summed E-state index contributed by atoms with van der Waals surface area (Å²) in [7, 11) is 1.64. The van der Waals surface area contributed by atoms with Gasteiger partial charge in [-0.1, -0.05) is 30.0 Å². The molecule has 0 saturated heterocycles. The molecule has 1 N–H and O–H groups in total. The fraction of sp³-hybridized carbons (Fsp3) is 0.174. The minimum atomic E-state index is -0.357. The Morgan fingerprint density at radius 1 is 1.23 bits per heavy atom. The Bertz CT molecular complexity index is 1240. The van der Waals surface area contributed by atoms with Crippen molar-refractivity contribution < 1.29 is 13.9 Å². The van der Waals surface area contributed by atoms with Gasteiger partial charge in [-0.2, -0.15) is 0 Å². The number of hydrogen-bond donors (Lipinski definition) is 1. The number of carbonyl (C=O) groups is 1. The van der Waals surface area contributed by atoms with Gasteiger partial charge in [0.25, 0.3) is 0 Å². The van der Waals surface area contributed by atoms with Crippen LogP contribution in [-0.2, 0) is 17.1 Å². The lowest BCUT2D eigenvalue weighted by molar-refractivity contribution is -0.116. The molecule has 0 saturated carbocycles. The smallest absolute Gasteiger partial charge is 0.244 e. The number of imidazole rings is 1. The van der Waals surface area contributed by atoms with Crippen molar-refractivity contribution in [2.24, 2.45) is 0 Å². The van der Waals surface area contributed by atoms with E-state index in [0.717, 1.165) is 22.3 Å². The van der Waals surface area contributed by atoms with Gasteiger partial charge in [0.05, 0.1) is 24.3 Å². The number of amides is 1. The van der Waals surface area contributed by atoms with Crippen molar-refractivity contribution in [3.8, 4) is 5.75 Å². The molecular weight excluding hydrogens is 415 g/mol. The van der Waals surface area contributed by atoms with E-state index in [0.29, 0.717) is 22.2 Å². The molecule has 0 spiro atoms. The van der Waals surface area contributed by atoms with Crippen LogP contribution in [0.15, 0.2) is 66.1 Å². The number of ether oxygens (including phenoxy) is 1. The number of hydrogen-bond acceptors (Lipinski definition) is 5. The Balaban J connectivity index is 1.55. The van der Waals surface area contributed by atoms with E-state index in [1.807, 2.05) is 34.9 Å². The van der Waals surface area contributed by atoms with Gasteiger partial charge >= 0.3 is 0 Å². The van der Waals surface area contributed by atoms with Gasteiger partial charge in [-0.25, -0.2) is 9.37 Å². The zero-order chi connectivity index (χ0) is 21.8. The van der Waals surface area contributed by atoms with Crippen molar-refractivity contribution in [3.05, 3.63) is 77.9 Å². The van der Waals surface area contributed by atoms with E-state index >= 15 is 0 Å². The summed E-state index contributed by atoms with van der Waals surface area (Å²) >= 11 is 1.53. The van der Waals surface area contributed by atoms with Crippen molar-refractivity contribution in [2.45, 2.75) is 24.4 Å². The van der Waals surface area contributed by atoms with Crippen LogP contribution < -0.4 is 10.1 Å². The molecule has 158 valence electrons. The van der Waals surface area contributed by atoms with E-state index < -0.39 is 0 Å². The second kappa shape index (κ2) is 9.18. The Morgan fingerprint density at radius 3 is 2.90 bits per heavy atom. The molecule has 2 heterocycles. The summed E-state index contributed by atoms with van der Waals surface area (Å²) in [6.07, 6.45) is 3.36. The fourth-order valence-corrected chi connectivity index (χ4v) is 4.09. The van der Waals surface area contributed by atoms with E-state index in [-0.39, 0.29) is 18.3 Å². The molecule has 8 heteroatoms. The number of nitrogens with one attached hydrogen (secondary N) is 1. The van der Waals surface area contributed by atoms with Gasteiger partial charge in [-0.05, 0) is 48.4 Å². The van der Waals surface area contributed by atoms with Gasteiger partial charge in [0.1, 0.15) is 18.1 Å². The monoisotopic (exact) mass is 436 g/mol. The standard InChI is InChI=1S/C23H21FN4O2S/c1-15-6-7-17(11-19(15)24)26-22(29)13-28-21-12-25-9-8-20(21)27-23(28)31-14-16-4-3-5-18(10-16)30-2/h3-12H,13-14H2,1-2H3,(H,26,29). The van der Waals surface area contributed by atoms with Gasteiger partial charge in [-0.15, -0.1) is 0 Å². The van der Waals surface area contributed by atoms with E-state index in [2.05, 4.69) is 15.3 Å². The number of aryl methyl sites for hydroxylation is 1. The third-order valence-corrected chi connectivity index (χ3v) is 5.82. The number of anilines is 1. The van der Waals surface area contributed by atoms with Crippen LogP contribution in [0.4, 0.5) is 10.1 Å². The quantitative estimate of drug-likeness (QED) is 0.421. The van der Waals surface area contributed by atoms with Gasteiger partial charge < -0.3 is 14.6 Å². The maximum atomic E-state index is 13.8. The second-order valence-electron chi connectivity index (χ2n) is 7.00. The van der Waals surface area contributed by atoms with Crippen LogP contribution in [0.25, 0.3) is 11.0 Å². The predicted molar refractivity (Wildman–Crippen MR) is 120 cm³/mol. The van der Waals surface area contributed by atoms with Gasteiger partial charge in [0.2, 0.25) is 5.91 Å². The Labute approximate surface area is 183 Å². The Kier molecular flexibility index (Phi) is 6.18. The van der Waals surface area contributed by atoms with Crippen LogP contribution >= 0.6 is 11.8 Å². The summed E-state index contributed by atoms with van der Waals surface area (Å²) in [5.41, 5.74) is 3.56. The third-order valence-electron chi connectivity index (χ3n) is 4.77. The summed E-state index contributed by atoms with van der Waals surface area (Å²) in [6.45, 7) is 1.72. The number of carbonyl (C=O) groups excluding carboxylic acids is 1. The number of fused-ring (bicyclic) bond motifs is 1. The minimum Gasteiger partial charge on any atom is -0.497 e. The lowest BCUT2D eigenvalue weighted by Crippen LogP contribution is -2.19. The van der Waals surface area contributed by atoms with Gasteiger partial charge in [0, 0.05) is 17.6 Å². The maximum Gasteiger partial charge on any atom is 0.244 e. The molecule has 6 nitrogen and oxygen atoms in total. The summed E-state index contributed by atoms with van der Waals surface area (Å²) in [4.78, 5) is 21.5. The largest absolute Gasteiger partial charge is 0.497 e. The van der Waals surface area contributed by atoms with E-state index in [1.54, 1.807) is 38.6 Å². The molecule has 1 amide bonds. The predicted octanol–water partition coefficient (Wildman–Crippen LogP) is 4.82. The molecule has 0 bridgehead atoms. The zero-order valence-electron chi connectivity index (χ0n) is 17.1. The van der Waals surface area contributed by atoms with Crippen molar-refractivity contribution in [1.29, 1.82) is 0 Å². The highest BCUT2D eigenvalue weighted by Crippen LogP contribution is 2.27. The first kappa shape index (κ1) is 20.9. The van der Waals surface area contributed by atoms with Crippen molar-refractivity contribution in [2.75, 3.05) is 12.4 Å². The topological polar surface area (TPSA) is 69.0 Å². The molecule has 0 atom stereocenters. The zero-order valence-corrected chi connectivity index (χ0v) is 17.9. The molecule has 0 aliphatic heterocycles. The number of rotatable bonds is 7. The fourth-order valence-electron chi connectivity index (χ4n) is 3.14. The van der Waals surface area contributed by atoms with Crippen LogP contribution in [0.2, 0.25) is 0 Å². The van der Waals surface area contributed by atoms with E-state index in [4.69, 9.17) is 4.74 Å². The van der Waals surface area contributed by atoms with Crippen LogP contribution in [0.5, 0.6) is 5.75 Å². The molecule has 0 aliphatic carbocycles. The number of benzene rings is 2. The highest BCUT2D eigenvalue weighted by atomic mass is 32.2. The van der Waals surface area contributed by atoms with Crippen molar-refractivity contribution in [1.82, 2.24) is 14.5 Å². The van der Waals surface area contributed by atoms with Crippen LogP contribution in [0.1, 0.15) is 11.1 Å². The molecule has 2 aromatic carbocycles. The van der Waals surface area contributed by atoms with Crippen LogP contribution in [-0.4, -0.2) is 27.6 Å². The third kappa shape index (κ3) is 4.86. The molecule has 0 unspecified atom stereocenters. The molecule has 0 aliphatic rings. The average Bonchev–Trinajstić information content (AvgIpc) is 3.12. The summed E-state index contributed by atoms with van der Waals surface area (Å²) in [5, 5.41) is 3.46. The van der Waals surface area contributed by atoms with Crippen molar-refractivity contribution >= 4 is 34.4 Å². The normalized spacial score (nSPS) is 10.9. The maximum absolute atomic E-state index is 13.8. The number of aromatic nitrogens is 3. The number of nitrogens with zero attached hydrogens (tertiary/aromatic N) is 3. The van der Waals surface area contributed by atoms with Gasteiger partial charge in [-0.3, -0.25) is 9.78 Å². The summed E-state index contributed by atoms with van der Waals surface area (Å²) in [6, 6.07) is 14.3. The van der Waals surface area contributed by atoms with Crippen LogP contribution in [0, 0.1) is 12.7 Å².